The normalized spacial score (nSPS) is 12.7. The molecule has 0 N–H and O–H groups in total. The molecule has 1 atom stereocenters. The summed E-state index contributed by atoms with van der Waals surface area (Å²) in [4.78, 5) is 9.41. The highest BCUT2D eigenvalue weighted by atomic mass is 35.5. The Balaban J connectivity index is 2.42. The number of fused-ring (bicyclic) bond motifs is 1. The molecule has 0 aliphatic carbocycles. The average Bonchev–Trinajstić information content (AvgIpc) is 3.13. The molecule has 10 heteroatoms. The fourth-order valence-corrected chi connectivity index (χ4v) is 3.96. The Kier molecular flexibility index (Phi) is 6.23. The van der Waals surface area contributed by atoms with Crippen molar-refractivity contribution in [2.24, 2.45) is 5.92 Å². The van der Waals surface area contributed by atoms with Crippen LogP contribution in [-0.2, 0) is 0 Å². The van der Waals surface area contributed by atoms with Gasteiger partial charge in [0.2, 0.25) is 0 Å². The van der Waals surface area contributed by atoms with Crippen LogP contribution in [0.2, 0.25) is 5.15 Å². The molecular formula is C21H20ClF3N6. The molecule has 0 fully saturated rings. The minimum atomic E-state index is -4.53. The van der Waals surface area contributed by atoms with Gasteiger partial charge in [0, 0.05) is 6.54 Å². The van der Waals surface area contributed by atoms with Gasteiger partial charge in [0.25, 0.3) is 5.78 Å². The molecule has 0 aliphatic heterocycles. The van der Waals surface area contributed by atoms with Crippen molar-refractivity contribution in [1.82, 2.24) is 19.6 Å². The van der Waals surface area contributed by atoms with Crippen molar-refractivity contribution < 1.29 is 13.2 Å². The molecule has 3 rings (SSSR count). The SMILES string of the molecule is C=CCN(c1c(-c2ccc(C#N)cc2C)c(Cl)nc2ncnn12)[C@H](C(C)C)C(F)(F)F. The molecule has 0 amide bonds. The van der Waals surface area contributed by atoms with E-state index in [9.17, 15) is 18.4 Å². The maximum Gasteiger partial charge on any atom is 0.409 e. The Morgan fingerprint density at radius 1 is 1.35 bits per heavy atom. The lowest BCUT2D eigenvalue weighted by Gasteiger charge is -2.37. The Morgan fingerprint density at radius 2 is 2.06 bits per heavy atom. The smallest absolute Gasteiger partial charge is 0.340 e. The highest BCUT2D eigenvalue weighted by molar-refractivity contribution is 6.33. The third-order valence-electron chi connectivity index (χ3n) is 4.88. The molecule has 162 valence electrons. The zero-order chi connectivity index (χ0) is 22.9. The summed E-state index contributed by atoms with van der Waals surface area (Å²) in [6.07, 6.45) is -1.92. The molecule has 0 radical (unpaired) electrons. The van der Waals surface area contributed by atoms with Gasteiger partial charge in [-0.25, -0.2) is 0 Å². The van der Waals surface area contributed by atoms with Crippen LogP contribution < -0.4 is 4.90 Å². The molecule has 0 aliphatic rings. The molecule has 0 saturated heterocycles. The van der Waals surface area contributed by atoms with Crippen LogP contribution in [0.3, 0.4) is 0 Å². The minimum absolute atomic E-state index is 0.0120. The maximum atomic E-state index is 14.2. The van der Waals surface area contributed by atoms with Crippen molar-refractivity contribution in [3.8, 4) is 17.2 Å². The van der Waals surface area contributed by atoms with Gasteiger partial charge in [-0.3, -0.25) is 0 Å². The first-order valence-electron chi connectivity index (χ1n) is 9.44. The summed E-state index contributed by atoms with van der Waals surface area (Å²) in [5, 5.41) is 13.3. The van der Waals surface area contributed by atoms with E-state index >= 15 is 0 Å². The maximum absolute atomic E-state index is 14.2. The summed E-state index contributed by atoms with van der Waals surface area (Å²) in [6.45, 7) is 8.29. The molecule has 6 nitrogen and oxygen atoms in total. The standard InChI is InChI=1S/C21H20ClF3N6/c1-5-8-30(17(12(2)3)21(23,24)25)19-16(15-7-6-14(10-26)9-13(15)4)18(22)29-20-27-11-28-31(19)20/h5-7,9,11-12,17H,1,8H2,2-4H3/t17-/m1/s1. The largest absolute Gasteiger partial charge is 0.409 e. The molecule has 0 unspecified atom stereocenters. The molecule has 1 aromatic carbocycles. The van der Waals surface area contributed by atoms with Crippen molar-refractivity contribution >= 4 is 23.2 Å². The lowest BCUT2D eigenvalue weighted by Crippen LogP contribution is -2.50. The lowest BCUT2D eigenvalue weighted by atomic mass is 9.97. The van der Waals surface area contributed by atoms with Gasteiger partial charge in [0.1, 0.15) is 23.3 Å². The second kappa shape index (κ2) is 8.55. The number of benzene rings is 1. The lowest BCUT2D eigenvalue weighted by molar-refractivity contribution is -0.157. The second-order valence-electron chi connectivity index (χ2n) is 7.39. The van der Waals surface area contributed by atoms with E-state index in [0.717, 1.165) is 0 Å². The topological polar surface area (TPSA) is 70.1 Å². The summed E-state index contributed by atoms with van der Waals surface area (Å²) in [5.74, 6) is -0.592. The number of hydrogen-bond acceptors (Lipinski definition) is 5. The predicted octanol–water partition coefficient (Wildman–Crippen LogP) is 5.20. The number of nitriles is 1. The molecule has 31 heavy (non-hydrogen) atoms. The molecule has 0 spiro atoms. The summed E-state index contributed by atoms with van der Waals surface area (Å²) < 4.78 is 43.7. The second-order valence-corrected chi connectivity index (χ2v) is 7.74. The van der Waals surface area contributed by atoms with E-state index in [1.165, 1.54) is 35.7 Å². The first-order chi connectivity index (χ1) is 14.6. The van der Waals surface area contributed by atoms with Gasteiger partial charge in [-0.15, -0.1) is 6.58 Å². The van der Waals surface area contributed by atoms with Crippen LogP contribution in [0.25, 0.3) is 16.9 Å². The molecule has 2 heterocycles. The zero-order valence-electron chi connectivity index (χ0n) is 17.2. The van der Waals surface area contributed by atoms with E-state index in [2.05, 4.69) is 21.6 Å². The van der Waals surface area contributed by atoms with Crippen molar-refractivity contribution in [2.75, 3.05) is 11.4 Å². The van der Waals surface area contributed by atoms with E-state index in [1.54, 1.807) is 25.1 Å². The van der Waals surface area contributed by atoms with Gasteiger partial charge in [0.05, 0.1) is 17.2 Å². The number of nitrogens with zero attached hydrogens (tertiary/aromatic N) is 6. The number of aromatic nitrogens is 4. The Hall–Kier alpha value is -3.12. The van der Waals surface area contributed by atoms with E-state index in [-0.39, 0.29) is 28.9 Å². The Morgan fingerprint density at radius 3 is 2.61 bits per heavy atom. The van der Waals surface area contributed by atoms with Crippen LogP contribution >= 0.6 is 11.6 Å². The summed E-state index contributed by atoms with van der Waals surface area (Å²) >= 11 is 6.50. The first kappa shape index (κ1) is 22.6. The van der Waals surface area contributed by atoms with Gasteiger partial charge in [-0.1, -0.05) is 37.6 Å². The van der Waals surface area contributed by atoms with E-state index in [1.807, 2.05) is 6.07 Å². The van der Waals surface area contributed by atoms with Gasteiger partial charge in [-0.05, 0) is 36.1 Å². The Labute approximate surface area is 182 Å². The predicted molar refractivity (Wildman–Crippen MR) is 113 cm³/mol. The van der Waals surface area contributed by atoms with E-state index in [0.29, 0.717) is 16.7 Å². The molecule has 0 saturated carbocycles. The third-order valence-corrected chi connectivity index (χ3v) is 5.16. The number of alkyl halides is 3. The van der Waals surface area contributed by atoms with Crippen LogP contribution in [0.15, 0.2) is 37.2 Å². The highest BCUT2D eigenvalue weighted by Crippen LogP contribution is 2.42. The Bertz CT molecular complexity index is 1160. The number of rotatable bonds is 6. The fourth-order valence-electron chi connectivity index (χ4n) is 3.70. The summed E-state index contributed by atoms with van der Waals surface area (Å²) in [7, 11) is 0. The first-order valence-corrected chi connectivity index (χ1v) is 9.82. The molecule has 2 aromatic heterocycles. The number of halogens is 4. The monoisotopic (exact) mass is 448 g/mol. The quantitative estimate of drug-likeness (QED) is 0.382. The van der Waals surface area contributed by atoms with Crippen molar-refractivity contribution in [2.45, 2.75) is 33.0 Å². The van der Waals surface area contributed by atoms with Crippen LogP contribution in [0.5, 0.6) is 0 Å². The van der Waals surface area contributed by atoms with Gasteiger partial charge in [0.15, 0.2) is 0 Å². The highest BCUT2D eigenvalue weighted by Gasteiger charge is 2.47. The number of hydrogen-bond donors (Lipinski definition) is 0. The minimum Gasteiger partial charge on any atom is -0.340 e. The van der Waals surface area contributed by atoms with Crippen LogP contribution in [-0.4, -0.2) is 38.3 Å². The molecule has 3 aromatic rings. The molecular weight excluding hydrogens is 429 g/mol. The van der Waals surface area contributed by atoms with Crippen molar-refractivity contribution in [3.63, 3.8) is 0 Å². The van der Waals surface area contributed by atoms with Crippen molar-refractivity contribution in [3.05, 3.63) is 53.5 Å². The van der Waals surface area contributed by atoms with Gasteiger partial charge >= 0.3 is 6.18 Å². The fraction of sp³-hybridized carbons (Fsp3) is 0.333. The number of anilines is 1. The summed E-state index contributed by atoms with van der Waals surface area (Å²) in [5.41, 5.74) is 1.91. The van der Waals surface area contributed by atoms with Gasteiger partial charge in [-0.2, -0.15) is 38.0 Å². The molecule has 0 bridgehead atoms. The third kappa shape index (κ3) is 4.21. The number of aryl methyl sites for hydroxylation is 1. The average molecular weight is 449 g/mol. The van der Waals surface area contributed by atoms with Crippen molar-refractivity contribution in [1.29, 1.82) is 5.26 Å². The summed E-state index contributed by atoms with van der Waals surface area (Å²) in [6, 6.07) is 5.08. The van der Waals surface area contributed by atoms with Crippen LogP contribution in [0.1, 0.15) is 25.0 Å². The van der Waals surface area contributed by atoms with Gasteiger partial charge < -0.3 is 4.90 Å². The van der Waals surface area contributed by atoms with Crippen LogP contribution in [0.4, 0.5) is 19.0 Å². The van der Waals surface area contributed by atoms with E-state index in [4.69, 9.17) is 11.6 Å². The zero-order valence-corrected chi connectivity index (χ0v) is 17.9. The van der Waals surface area contributed by atoms with E-state index < -0.39 is 18.1 Å². The van der Waals surface area contributed by atoms with Crippen LogP contribution in [0, 0.1) is 24.2 Å².